The first-order chi connectivity index (χ1) is 12.8. The van der Waals surface area contributed by atoms with E-state index in [4.69, 9.17) is 4.74 Å². The molecule has 0 N–H and O–H groups in total. The summed E-state index contributed by atoms with van der Waals surface area (Å²) in [4.78, 5) is 6.52. The largest absolute Gasteiger partial charge is 0.497 e. The SMILES string of the molecule is COc1ccc2nc3c(ccc4c(N(C)C)cccc43)c(C(F)(F)F)c2c1. The molecule has 138 valence electrons. The molecule has 0 radical (unpaired) electrons. The van der Waals surface area contributed by atoms with Crippen molar-refractivity contribution in [2.45, 2.75) is 6.18 Å². The van der Waals surface area contributed by atoms with Crippen LogP contribution in [0.25, 0.3) is 32.6 Å². The molecule has 0 aliphatic rings. The number of hydrogen-bond acceptors (Lipinski definition) is 3. The van der Waals surface area contributed by atoms with Crippen molar-refractivity contribution in [3.05, 3.63) is 54.1 Å². The minimum atomic E-state index is -4.52. The molecular formula is C21H17F3N2O. The normalized spacial score (nSPS) is 12.1. The standard InChI is InChI=1S/C21H17F3N2O/c1-26(2)18-6-4-5-14-13(18)8-9-15-19(21(22,23)24)16-11-12(27-3)7-10-17(16)25-20(14)15/h4-11H,1-3H3. The van der Waals surface area contributed by atoms with Crippen molar-refractivity contribution in [3.8, 4) is 5.75 Å². The molecule has 0 saturated heterocycles. The van der Waals surface area contributed by atoms with Crippen LogP contribution in [0.3, 0.4) is 0 Å². The Kier molecular flexibility index (Phi) is 3.87. The molecule has 0 aliphatic heterocycles. The van der Waals surface area contributed by atoms with Crippen LogP contribution in [0.2, 0.25) is 0 Å². The first-order valence-electron chi connectivity index (χ1n) is 8.39. The third-order valence-corrected chi connectivity index (χ3v) is 4.75. The zero-order chi connectivity index (χ0) is 19.3. The van der Waals surface area contributed by atoms with Gasteiger partial charge in [0.25, 0.3) is 0 Å². The van der Waals surface area contributed by atoms with Gasteiger partial charge in [0.2, 0.25) is 0 Å². The van der Waals surface area contributed by atoms with E-state index >= 15 is 0 Å². The number of fused-ring (bicyclic) bond motifs is 4. The highest BCUT2D eigenvalue weighted by Crippen LogP contribution is 2.42. The second-order valence-corrected chi connectivity index (χ2v) is 6.60. The second-order valence-electron chi connectivity index (χ2n) is 6.60. The van der Waals surface area contributed by atoms with E-state index in [0.29, 0.717) is 22.2 Å². The average molecular weight is 370 g/mol. The minimum Gasteiger partial charge on any atom is -0.497 e. The number of ether oxygens (including phenoxy) is 1. The fraction of sp³-hybridized carbons (Fsp3) is 0.190. The summed E-state index contributed by atoms with van der Waals surface area (Å²) in [5.74, 6) is 0.366. The zero-order valence-electron chi connectivity index (χ0n) is 15.1. The van der Waals surface area contributed by atoms with Gasteiger partial charge in [0.15, 0.2) is 0 Å². The summed E-state index contributed by atoms with van der Waals surface area (Å²) < 4.78 is 47.2. The molecule has 0 atom stereocenters. The molecule has 4 rings (SSSR count). The Bertz CT molecular complexity index is 1180. The van der Waals surface area contributed by atoms with Crippen LogP contribution in [-0.2, 0) is 6.18 Å². The third-order valence-electron chi connectivity index (χ3n) is 4.75. The van der Waals surface area contributed by atoms with Gasteiger partial charge in [0, 0.05) is 41.3 Å². The average Bonchev–Trinajstić information content (AvgIpc) is 2.63. The van der Waals surface area contributed by atoms with Gasteiger partial charge in [-0.15, -0.1) is 0 Å². The molecule has 0 unspecified atom stereocenters. The van der Waals surface area contributed by atoms with Crippen molar-refractivity contribution in [1.29, 1.82) is 0 Å². The summed E-state index contributed by atoms with van der Waals surface area (Å²) in [5.41, 5.74) is 0.887. The first kappa shape index (κ1) is 17.4. The molecule has 4 aromatic rings. The second kappa shape index (κ2) is 6.01. The minimum absolute atomic E-state index is 0.0393. The maximum absolute atomic E-state index is 14.0. The van der Waals surface area contributed by atoms with Crippen molar-refractivity contribution >= 4 is 38.3 Å². The maximum atomic E-state index is 14.0. The molecule has 0 bridgehead atoms. The number of anilines is 1. The van der Waals surface area contributed by atoms with Gasteiger partial charge in [0.1, 0.15) is 5.75 Å². The monoisotopic (exact) mass is 370 g/mol. The fourth-order valence-electron chi connectivity index (χ4n) is 3.55. The van der Waals surface area contributed by atoms with Crippen LogP contribution in [-0.4, -0.2) is 26.2 Å². The van der Waals surface area contributed by atoms with Gasteiger partial charge in [-0.2, -0.15) is 13.2 Å². The smallest absolute Gasteiger partial charge is 0.417 e. The number of aromatic nitrogens is 1. The van der Waals surface area contributed by atoms with Crippen molar-refractivity contribution in [2.75, 3.05) is 26.1 Å². The summed E-state index contributed by atoms with van der Waals surface area (Å²) in [5, 5.41) is 1.69. The van der Waals surface area contributed by atoms with E-state index in [9.17, 15) is 13.2 Å². The van der Waals surface area contributed by atoms with Crippen molar-refractivity contribution < 1.29 is 17.9 Å². The lowest BCUT2D eigenvalue weighted by atomic mass is 9.97. The zero-order valence-corrected chi connectivity index (χ0v) is 15.1. The Morgan fingerprint density at radius 3 is 2.30 bits per heavy atom. The van der Waals surface area contributed by atoms with E-state index in [-0.39, 0.29) is 10.8 Å². The summed E-state index contributed by atoms with van der Waals surface area (Å²) in [7, 11) is 5.24. The number of pyridine rings is 1. The van der Waals surface area contributed by atoms with Crippen molar-refractivity contribution in [3.63, 3.8) is 0 Å². The van der Waals surface area contributed by atoms with E-state index in [2.05, 4.69) is 4.98 Å². The molecule has 0 fully saturated rings. The van der Waals surface area contributed by atoms with Gasteiger partial charge in [-0.05, 0) is 24.3 Å². The lowest BCUT2D eigenvalue weighted by Gasteiger charge is -2.18. The Hall–Kier alpha value is -3.02. The summed E-state index contributed by atoms with van der Waals surface area (Å²) in [6, 6.07) is 13.4. The first-order valence-corrected chi connectivity index (χ1v) is 8.39. The molecule has 3 nitrogen and oxygen atoms in total. The highest BCUT2D eigenvalue weighted by molar-refractivity contribution is 6.13. The molecule has 6 heteroatoms. The van der Waals surface area contributed by atoms with E-state index in [1.54, 1.807) is 18.2 Å². The Morgan fingerprint density at radius 2 is 1.63 bits per heavy atom. The summed E-state index contributed by atoms with van der Waals surface area (Å²) in [6.45, 7) is 0. The highest BCUT2D eigenvalue weighted by Gasteiger charge is 2.35. The molecule has 1 heterocycles. The molecule has 27 heavy (non-hydrogen) atoms. The van der Waals surface area contributed by atoms with Gasteiger partial charge in [0.05, 0.1) is 23.7 Å². The van der Waals surface area contributed by atoms with Crippen LogP contribution in [0.15, 0.2) is 48.5 Å². The van der Waals surface area contributed by atoms with E-state index in [1.165, 1.54) is 19.2 Å². The van der Waals surface area contributed by atoms with E-state index < -0.39 is 11.7 Å². The molecule has 3 aromatic carbocycles. The van der Waals surface area contributed by atoms with Crippen LogP contribution in [0.4, 0.5) is 18.9 Å². The van der Waals surface area contributed by atoms with Crippen molar-refractivity contribution in [2.24, 2.45) is 0 Å². The predicted molar refractivity (Wildman–Crippen MR) is 103 cm³/mol. The molecule has 0 amide bonds. The topological polar surface area (TPSA) is 25.4 Å². The number of benzene rings is 3. The fourth-order valence-corrected chi connectivity index (χ4v) is 3.55. The number of rotatable bonds is 2. The molecule has 0 spiro atoms. The van der Waals surface area contributed by atoms with Crippen LogP contribution >= 0.6 is 0 Å². The molecule has 0 saturated carbocycles. The van der Waals surface area contributed by atoms with Crippen molar-refractivity contribution in [1.82, 2.24) is 4.98 Å². The number of hydrogen-bond donors (Lipinski definition) is 0. The number of nitrogens with zero attached hydrogens (tertiary/aromatic N) is 2. The van der Waals surface area contributed by atoms with Crippen LogP contribution in [0.1, 0.15) is 5.56 Å². The molecule has 0 aliphatic carbocycles. The van der Waals surface area contributed by atoms with Crippen LogP contribution in [0, 0.1) is 0 Å². The predicted octanol–water partition coefficient (Wildman–Crippen LogP) is 5.63. The Morgan fingerprint density at radius 1 is 0.889 bits per heavy atom. The van der Waals surface area contributed by atoms with Crippen LogP contribution < -0.4 is 9.64 Å². The highest BCUT2D eigenvalue weighted by atomic mass is 19.4. The quantitative estimate of drug-likeness (QED) is 0.338. The van der Waals surface area contributed by atoms with Gasteiger partial charge in [-0.25, -0.2) is 4.98 Å². The molecular weight excluding hydrogens is 353 g/mol. The van der Waals surface area contributed by atoms with E-state index in [0.717, 1.165) is 11.1 Å². The number of methoxy groups -OCH3 is 1. The maximum Gasteiger partial charge on any atom is 0.417 e. The molecule has 1 aromatic heterocycles. The van der Waals surface area contributed by atoms with Gasteiger partial charge < -0.3 is 9.64 Å². The summed E-state index contributed by atoms with van der Waals surface area (Å²) in [6.07, 6.45) is -4.52. The van der Waals surface area contributed by atoms with Gasteiger partial charge in [-0.3, -0.25) is 0 Å². The van der Waals surface area contributed by atoms with Crippen LogP contribution in [0.5, 0.6) is 5.75 Å². The Balaban J connectivity index is 2.22. The van der Waals surface area contributed by atoms with Gasteiger partial charge in [-0.1, -0.05) is 24.3 Å². The number of halogens is 3. The summed E-state index contributed by atoms with van der Waals surface area (Å²) >= 11 is 0. The van der Waals surface area contributed by atoms with Gasteiger partial charge >= 0.3 is 6.18 Å². The lowest BCUT2D eigenvalue weighted by molar-refractivity contribution is -0.135. The van der Waals surface area contributed by atoms with E-state index in [1.807, 2.05) is 37.2 Å². The lowest BCUT2D eigenvalue weighted by Crippen LogP contribution is -2.10. The third kappa shape index (κ3) is 2.72. The number of alkyl halides is 3. The Labute approximate surface area is 154 Å².